The Labute approximate surface area is 148 Å². The highest BCUT2D eigenvalue weighted by Crippen LogP contribution is 2.29. The van der Waals surface area contributed by atoms with E-state index in [0.29, 0.717) is 0 Å². The summed E-state index contributed by atoms with van der Waals surface area (Å²) in [6.45, 7) is 1.07. The number of quaternary nitrogens is 5. The number of carboxylic acid groups (broad SMARTS) is 4. The van der Waals surface area contributed by atoms with E-state index in [2.05, 4.69) is 0 Å². The third-order valence-corrected chi connectivity index (χ3v) is 2.18. The molecule has 1 unspecified atom stereocenters. The Balaban J connectivity index is -0.0000000642. The summed E-state index contributed by atoms with van der Waals surface area (Å²) in [5.41, 5.74) is -3.76. The van der Waals surface area contributed by atoms with Gasteiger partial charge in [0, 0.05) is 11.9 Å². The monoisotopic (exact) mass is 419 g/mol. The normalized spacial score (nSPS) is 10.2. The van der Waals surface area contributed by atoms with Gasteiger partial charge >= 0.3 is 0 Å². The van der Waals surface area contributed by atoms with Crippen LogP contribution in [0.25, 0.3) is 0 Å². The predicted octanol–water partition coefficient (Wildman–Crippen LogP) is -8.88. The molecular weight excluding hydrogens is 394 g/mol. The van der Waals surface area contributed by atoms with Crippen LogP contribution < -0.4 is 69.8 Å². The zero-order valence-corrected chi connectivity index (χ0v) is 15.8. The van der Waals surface area contributed by atoms with Gasteiger partial charge in [-0.1, -0.05) is 6.92 Å². The second kappa shape index (κ2) is 16.3. The van der Waals surface area contributed by atoms with Gasteiger partial charge in [-0.2, -0.15) is 0 Å². The van der Waals surface area contributed by atoms with Crippen molar-refractivity contribution in [1.29, 1.82) is 0 Å². The predicted molar refractivity (Wildman–Crippen MR) is 66.2 cm³/mol. The van der Waals surface area contributed by atoms with Gasteiger partial charge < -0.3 is 70.4 Å². The molecule has 0 bridgehead atoms. The van der Waals surface area contributed by atoms with E-state index in [-0.39, 0.29) is 30.8 Å². The smallest absolute Gasteiger partial charge is 0.0967 e. The molecule has 18 heteroatoms. The first-order valence-corrected chi connectivity index (χ1v) is 5.93. The zero-order chi connectivity index (χ0) is 17.6. The van der Waals surface area contributed by atoms with Crippen molar-refractivity contribution in [3.05, 3.63) is 0 Å². The van der Waals surface area contributed by atoms with Crippen LogP contribution in [0.15, 0.2) is 0 Å². The van der Waals surface area contributed by atoms with Crippen LogP contribution in [0, 0.1) is 21.6 Å². The first-order valence-electron chi connectivity index (χ1n) is 4.69. The molecule has 0 saturated carbocycles. The third kappa shape index (κ3) is 12.2. The van der Waals surface area contributed by atoms with Gasteiger partial charge in [-0.25, -0.2) is 18.6 Å². The lowest BCUT2D eigenvalue weighted by Crippen LogP contribution is -2.68. The standard InChI is InChI=1S/C8H10O8.ClHO4.5H3N/c1-2-3(4(9)10)8(5(11)12,6(13)14)7(15)16;2-1(3,4)5;;;;;/h3H,2H2,1H3,(H,9,10)(H,11,12)(H,13,14)(H,15,16);(H,2,3,4,5);5*1H3. The number of hydrogen-bond acceptors (Lipinski definition) is 12. The zero-order valence-electron chi connectivity index (χ0n) is 15.1. The highest BCUT2D eigenvalue weighted by molar-refractivity contribution is 6.17. The van der Waals surface area contributed by atoms with Crippen molar-refractivity contribution >= 4 is 23.9 Å². The summed E-state index contributed by atoms with van der Waals surface area (Å²) in [6.07, 6.45) is -0.613. The molecule has 0 fully saturated rings. The maximum absolute atomic E-state index is 10.6. The lowest BCUT2D eigenvalue weighted by molar-refractivity contribution is -2.00. The van der Waals surface area contributed by atoms with Crippen LogP contribution in [0.3, 0.4) is 0 Å². The average molecular weight is 420 g/mol. The van der Waals surface area contributed by atoms with Crippen LogP contribution >= 0.6 is 0 Å². The largest absolute Gasteiger partial charge is 0.550 e. The van der Waals surface area contributed by atoms with E-state index >= 15 is 0 Å². The molecule has 0 aromatic carbocycles. The number of rotatable bonds is 6. The Morgan fingerprint density at radius 1 is 0.731 bits per heavy atom. The highest BCUT2D eigenvalue weighted by Gasteiger charge is 2.43. The summed E-state index contributed by atoms with van der Waals surface area (Å²) >= 11 is 0. The van der Waals surface area contributed by atoms with E-state index in [1.165, 1.54) is 0 Å². The van der Waals surface area contributed by atoms with Gasteiger partial charge in [0.25, 0.3) is 0 Å². The summed E-state index contributed by atoms with van der Waals surface area (Å²) in [5, 5.41) is 42.2. The second-order valence-electron chi connectivity index (χ2n) is 3.33. The number of halogens is 1. The molecule has 20 N–H and O–H groups in total. The Kier molecular flexibility index (Phi) is 27.5. The molecule has 26 heavy (non-hydrogen) atoms. The van der Waals surface area contributed by atoms with Crippen molar-refractivity contribution in [1.82, 2.24) is 30.8 Å². The number of hydrogen-bond donors (Lipinski definition) is 5. The first-order chi connectivity index (χ1) is 9.22. The van der Waals surface area contributed by atoms with E-state index < -0.39 is 51.9 Å². The molecule has 0 amide bonds. The summed E-state index contributed by atoms with van der Waals surface area (Å²) in [7, 11) is -4.94. The number of carboxylic acids is 4. The fourth-order valence-electron chi connectivity index (χ4n) is 1.33. The summed E-state index contributed by atoms with van der Waals surface area (Å²) in [4.78, 5) is 42.2. The molecular formula is C8H26ClN5O12. The van der Waals surface area contributed by atoms with Crippen LogP contribution in [0.5, 0.6) is 0 Å². The number of aliphatic carboxylic acids is 4. The quantitative estimate of drug-likeness (QED) is 0.250. The van der Waals surface area contributed by atoms with Crippen LogP contribution in [-0.2, 0) is 19.2 Å². The molecule has 162 valence electrons. The molecule has 0 saturated heterocycles. The highest BCUT2D eigenvalue weighted by atomic mass is 35.7. The van der Waals surface area contributed by atoms with Crippen molar-refractivity contribution in [3.63, 3.8) is 0 Å². The van der Waals surface area contributed by atoms with E-state index in [4.69, 9.17) is 18.6 Å². The topological polar surface area (TPSA) is 435 Å². The van der Waals surface area contributed by atoms with Gasteiger partial charge in [0.2, 0.25) is 0 Å². The van der Waals surface area contributed by atoms with Crippen LogP contribution in [0.2, 0.25) is 0 Å². The van der Waals surface area contributed by atoms with Gasteiger partial charge in [0.15, 0.2) is 0 Å². The van der Waals surface area contributed by atoms with E-state index in [9.17, 15) is 39.6 Å². The lowest BCUT2D eigenvalue weighted by atomic mass is 9.74. The van der Waals surface area contributed by atoms with Crippen LogP contribution in [-0.4, -0.2) is 23.9 Å². The van der Waals surface area contributed by atoms with E-state index in [1.54, 1.807) is 0 Å². The molecule has 0 aromatic heterocycles. The van der Waals surface area contributed by atoms with E-state index in [0.717, 1.165) is 6.92 Å². The Bertz CT molecular complexity index is 400. The van der Waals surface area contributed by atoms with E-state index in [1.807, 2.05) is 0 Å². The van der Waals surface area contributed by atoms with Crippen molar-refractivity contribution in [3.8, 4) is 0 Å². The minimum absolute atomic E-state index is 0. The molecule has 17 nitrogen and oxygen atoms in total. The van der Waals surface area contributed by atoms with Crippen LogP contribution in [0.1, 0.15) is 13.3 Å². The second-order valence-corrected chi connectivity index (χ2v) is 4.08. The molecule has 0 aromatic rings. The van der Waals surface area contributed by atoms with Crippen molar-refractivity contribution in [2.45, 2.75) is 13.3 Å². The summed E-state index contributed by atoms with van der Waals surface area (Å²) in [6, 6.07) is 0. The molecule has 0 aliphatic rings. The van der Waals surface area contributed by atoms with Gasteiger partial charge in [-0.05, 0) is 6.42 Å². The Hall–Kier alpha value is -2.19. The fourth-order valence-corrected chi connectivity index (χ4v) is 1.33. The van der Waals surface area contributed by atoms with Gasteiger partial charge in [-0.3, -0.25) is 0 Å². The molecule has 0 aliphatic heterocycles. The summed E-state index contributed by atoms with van der Waals surface area (Å²) < 4.78 is 34.0. The minimum Gasteiger partial charge on any atom is -0.550 e. The fraction of sp³-hybridized carbons (Fsp3) is 0.500. The van der Waals surface area contributed by atoms with Gasteiger partial charge in [0.1, 0.15) is 0 Å². The lowest BCUT2D eigenvalue weighted by Gasteiger charge is -2.43. The van der Waals surface area contributed by atoms with Crippen molar-refractivity contribution in [2.24, 2.45) is 11.3 Å². The molecule has 0 aliphatic carbocycles. The number of carbonyl (C=O) groups excluding carboxylic acids is 4. The molecule has 0 spiro atoms. The maximum atomic E-state index is 10.6. The molecule has 0 radical (unpaired) electrons. The average Bonchev–Trinajstić information content (AvgIpc) is 2.20. The van der Waals surface area contributed by atoms with Gasteiger partial charge in [-0.15, -0.1) is 10.2 Å². The SMILES string of the molecule is CCC(C(=O)[O-])C(C(=O)[O-])(C(=O)[O-])C(=O)[O-].[NH4+].[NH4+].[NH4+].[NH4+].[NH4+].[O-][Cl+3]([O-])([O-])[O-]. The van der Waals surface area contributed by atoms with Crippen molar-refractivity contribution in [2.75, 3.05) is 0 Å². The third-order valence-electron chi connectivity index (χ3n) is 2.18. The van der Waals surface area contributed by atoms with Crippen molar-refractivity contribution < 1.29 is 68.5 Å². The minimum atomic E-state index is -4.94. The maximum Gasteiger partial charge on any atom is 0.0967 e. The first kappa shape index (κ1) is 43.8. The Morgan fingerprint density at radius 3 is 0.962 bits per heavy atom. The Morgan fingerprint density at radius 2 is 0.923 bits per heavy atom. The molecule has 0 rings (SSSR count). The summed E-state index contributed by atoms with van der Waals surface area (Å²) in [5.74, 6) is -12.4. The van der Waals surface area contributed by atoms with Crippen LogP contribution in [0.4, 0.5) is 0 Å². The molecule has 0 heterocycles. The number of carbonyl (C=O) groups is 4. The van der Waals surface area contributed by atoms with Gasteiger partial charge in [0.05, 0.1) is 23.3 Å². The molecule has 1 atom stereocenters.